The number of hydrogen-bond acceptors (Lipinski definition) is 6. The van der Waals surface area contributed by atoms with Crippen LogP contribution in [0.25, 0.3) is 16.9 Å². The molecule has 2 aliphatic heterocycles. The van der Waals surface area contributed by atoms with E-state index in [1.807, 2.05) is 28.8 Å². The maximum atomic E-state index is 13.6. The van der Waals surface area contributed by atoms with Crippen LogP contribution in [0.2, 0.25) is 0 Å². The number of halogens is 1. The first-order chi connectivity index (χ1) is 17.6. The third-order valence-corrected chi connectivity index (χ3v) is 7.01. The Labute approximate surface area is 208 Å². The molecular formula is C27H27FN6O2. The van der Waals surface area contributed by atoms with Gasteiger partial charge in [-0.05, 0) is 42.2 Å². The molecule has 6 rings (SSSR count). The van der Waals surface area contributed by atoms with Crippen molar-refractivity contribution in [1.82, 2.24) is 19.7 Å². The zero-order valence-corrected chi connectivity index (χ0v) is 20.0. The maximum Gasteiger partial charge on any atom is 0.254 e. The second kappa shape index (κ2) is 9.23. The number of carbonyl (C=O) groups excluding carboxylic acids is 1. The molecule has 0 bridgehead atoms. The van der Waals surface area contributed by atoms with Gasteiger partial charge >= 0.3 is 0 Å². The van der Waals surface area contributed by atoms with E-state index >= 15 is 0 Å². The van der Waals surface area contributed by atoms with Gasteiger partial charge in [0.25, 0.3) is 5.91 Å². The van der Waals surface area contributed by atoms with E-state index < -0.39 is 0 Å². The van der Waals surface area contributed by atoms with Crippen LogP contribution in [0.5, 0.6) is 0 Å². The third-order valence-electron chi connectivity index (χ3n) is 7.01. The number of anilines is 3. The number of imidazole rings is 1. The highest BCUT2D eigenvalue weighted by Gasteiger charge is 2.27. The quantitative estimate of drug-likeness (QED) is 0.436. The molecule has 0 radical (unpaired) electrons. The number of amides is 1. The molecule has 0 unspecified atom stereocenters. The lowest BCUT2D eigenvalue weighted by molar-refractivity contribution is 0.0966. The number of nitrogens with zero attached hydrogens (tertiary/aromatic N) is 4. The molecule has 184 valence electrons. The number of nitrogens with one attached hydrogen (secondary N) is 2. The van der Waals surface area contributed by atoms with Crippen LogP contribution in [0.15, 0.2) is 55.0 Å². The number of ether oxygens (including phenoxy) is 1. The van der Waals surface area contributed by atoms with Crippen molar-refractivity contribution in [2.24, 2.45) is 5.92 Å². The molecule has 5 heterocycles. The summed E-state index contributed by atoms with van der Waals surface area (Å²) in [5.41, 5.74) is 5.42. The van der Waals surface area contributed by atoms with E-state index in [2.05, 4.69) is 38.5 Å². The zero-order chi connectivity index (χ0) is 24.6. The number of pyridine rings is 2. The first-order valence-electron chi connectivity index (χ1n) is 12.2. The van der Waals surface area contributed by atoms with Crippen molar-refractivity contribution in [1.29, 1.82) is 0 Å². The molecule has 8 nitrogen and oxygen atoms in total. The van der Waals surface area contributed by atoms with E-state index in [-0.39, 0.29) is 11.7 Å². The third kappa shape index (κ3) is 4.05. The standard InChI is InChI=1S/C27H27FN6O2/c1-2-17-15-33(9-10-36-16-17)19-3-6-24(29-12-19)32-22-5-4-20(21-13-31-27(35)26(21)22)23-14-30-25-11-18(28)7-8-34(23)25/h3-8,11-12,14,17H,2,9-10,13,15-16H2,1H3,(H,29,32)(H,31,35)/t17-/m1/s1. The number of fused-ring (bicyclic) bond motifs is 2. The van der Waals surface area contributed by atoms with Crippen molar-refractivity contribution < 1.29 is 13.9 Å². The largest absolute Gasteiger partial charge is 0.379 e. The SMILES string of the molecule is CC[C@H]1COCCN(c2ccc(Nc3ccc(-c4cnc5cc(F)ccn45)c4c3C(=O)NC4)nc2)C1. The average molecular weight is 487 g/mol. The molecule has 9 heteroatoms. The minimum atomic E-state index is -0.339. The number of hydrogen-bond donors (Lipinski definition) is 2. The molecule has 1 aromatic carbocycles. The Morgan fingerprint density at radius 1 is 1.19 bits per heavy atom. The molecule has 3 aromatic heterocycles. The first kappa shape index (κ1) is 22.5. The number of rotatable bonds is 5. The highest BCUT2D eigenvalue weighted by molar-refractivity contribution is 6.06. The lowest BCUT2D eigenvalue weighted by Gasteiger charge is -2.25. The van der Waals surface area contributed by atoms with Crippen LogP contribution in [-0.2, 0) is 11.3 Å². The second-order valence-corrected chi connectivity index (χ2v) is 9.24. The predicted molar refractivity (Wildman–Crippen MR) is 136 cm³/mol. The summed E-state index contributed by atoms with van der Waals surface area (Å²) in [6, 6.07) is 10.6. The molecule has 1 saturated heterocycles. The Morgan fingerprint density at radius 2 is 2.11 bits per heavy atom. The molecule has 2 aliphatic rings. The molecule has 4 aromatic rings. The molecular weight excluding hydrogens is 459 g/mol. The molecule has 1 atom stereocenters. The van der Waals surface area contributed by atoms with E-state index in [0.29, 0.717) is 41.8 Å². The molecule has 0 aliphatic carbocycles. The van der Waals surface area contributed by atoms with Crippen molar-refractivity contribution in [3.05, 3.63) is 71.9 Å². The summed E-state index contributed by atoms with van der Waals surface area (Å²) in [5, 5.41) is 6.26. The first-order valence-corrected chi connectivity index (χ1v) is 12.2. The zero-order valence-electron chi connectivity index (χ0n) is 20.0. The summed E-state index contributed by atoms with van der Waals surface area (Å²) in [6.07, 6.45) is 6.31. The van der Waals surface area contributed by atoms with Crippen LogP contribution in [-0.4, -0.2) is 46.6 Å². The van der Waals surface area contributed by atoms with Gasteiger partial charge in [0.1, 0.15) is 17.3 Å². The Balaban J connectivity index is 1.29. The second-order valence-electron chi connectivity index (χ2n) is 9.24. The van der Waals surface area contributed by atoms with Crippen LogP contribution in [0.4, 0.5) is 21.6 Å². The topological polar surface area (TPSA) is 83.8 Å². The summed E-state index contributed by atoms with van der Waals surface area (Å²) in [6.45, 7) is 5.92. The van der Waals surface area contributed by atoms with Gasteiger partial charge in [0.15, 0.2) is 0 Å². The van der Waals surface area contributed by atoms with E-state index in [9.17, 15) is 9.18 Å². The minimum Gasteiger partial charge on any atom is -0.379 e. The van der Waals surface area contributed by atoms with E-state index in [1.165, 1.54) is 12.1 Å². The fourth-order valence-electron chi connectivity index (χ4n) is 4.99. The number of benzene rings is 1. The van der Waals surface area contributed by atoms with Crippen molar-refractivity contribution >= 4 is 28.7 Å². The summed E-state index contributed by atoms with van der Waals surface area (Å²) in [5.74, 6) is 0.698. The van der Waals surface area contributed by atoms with Gasteiger partial charge in [0.2, 0.25) is 0 Å². The van der Waals surface area contributed by atoms with Crippen LogP contribution < -0.4 is 15.5 Å². The van der Waals surface area contributed by atoms with Crippen LogP contribution >= 0.6 is 0 Å². The summed E-state index contributed by atoms with van der Waals surface area (Å²) in [7, 11) is 0. The fraction of sp³-hybridized carbons (Fsp3) is 0.296. The van der Waals surface area contributed by atoms with E-state index in [1.54, 1.807) is 12.4 Å². The average Bonchev–Trinajstić information content (AvgIpc) is 3.40. The lowest BCUT2D eigenvalue weighted by Crippen LogP contribution is -2.29. The highest BCUT2D eigenvalue weighted by atomic mass is 19.1. The van der Waals surface area contributed by atoms with Crippen molar-refractivity contribution in [2.45, 2.75) is 19.9 Å². The van der Waals surface area contributed by atoms with Gasteiger partial charge < -0.3 is 20.3 Å². The predicted octanol–water partition coefficient (Wildman–Crippen LogP) is 4.39. The summed E-state index contributed by atoms with van der Waals surface area (Å²) < 4.78 is 21.2. The van der Waals surface area contributed by atoms with Gasteiger partial charge in [0.05, 0.1) is 48.2 Å². The maximum absolute atomic E-state index is 13.6. The van der Waals surface area contributed by atoms with E-state index in [0.717, 1.165) is 48.6 Å². The summed E-state index contributed by atoms with van der Waals surface area (Å²) >= 11 is 0. The normalized spacial score (nSPS) is 17.7. The molecule has 36 heavy (non-hydrogen) atoms. The molecule has 0 saturated carbocycles. The van der Waals surface area contributed by atoms with E-state index in [4.69, 9.17) is 4.74 Å². The van der Waals surface area contributed by atoms with Gasteiger partial charge in [0, 0.05) is 37.5 Å². The Morgan fingerprint density at radius 3 is 2.94 bits per heavy atom. The fourth-order valence-corrected chi connectivity index (χ4v) is 4.99. The van der Waals surface area contributed by atoms with Crippen molar-refractivity contribution in [2.75, 3.05) is 36.5 Å². The van der Waals surface area contributed by atoms with Gasteiger partial charge in [-0.1, -0.05) is 13.0 Å². The minimum absolute atomic E-state index is 0.138. The summed E-state index contributed by atoms with van der Waals surface area (Å²) in [4.78, 5) is 24.1. The molecule has 1 amide bonds. The highest BCUT2D eigenvalue weighted by Crippen LogP contribution is 2.35. The molecule has 0 spiro atoms. The van der Waals surface area contributed by atoms with Gasteiger partial charge in [-0.3, -0.25) is 9.20 Å². The van der Waals surface area contributed by atoms with Gasteiger partial charge in [-0.15, -0.1) is 0 Å². The Hall–Kier alpha value is -3.98. The van der Waals surface area contributed by atoms with Crippen LogP contribution in [0.1, 0.15) is 29.3 Å². The van der Waals surface area contributed by atoms with Gasteiger partial charge in [-0.2, -0.15) is 0 Å². The number of aromatic nitrogens is 3. The van der Waals surface area contributed by atoms with Crippen LogP contribution in [0, 0.1) is 11.7 Å². The molecule has 1 fully saturated rings. The van der Waals surface area contributed by atoms with Crippen molar-refractivity contribution in [3.8, 4) is 11.3 Å². The smallest absolute Gasteiger partial charge is 0.254 e. The van der Waals surface area contributed by atoms with Crippen molar-refractivity contribution in [3.63, 3.8) is 0 Å². The lowest BCUT2D eigenvalue weighted by atomic mass is 9.99. The number of carbonyl (C=O) groups is 1. The monoisotopic (exact) mass is 486 g/mol. The Bertz CT molecular complexity index is 1430. The Kier molecular flexibility index (Phi) is 5.77. The van der Waals surface area contributed by atoms with Crippen LogP contribution in [0.3, 0.4) is 0 Å². The molecule has 2 N–H and O–H groups in total. The van der Waals surface area contributed by atoms with Gasteiger partial charge in [-0.25, -0.2) is 14.4 Å².